The Morgan fingerprint density at radius 3 is 2.64 bits per heavy atom. The molecule has 2 nitrogen and oxygen atoms in total. The van der Waals surface area contributed by atoms with Gasteiger partial charge in [-0.1, -0.05) is 18.7 Å². The summed E-state index contributed by atoms with van der Waals surface area (Å²) in [5, 5.41) is 12.2. The van der Waals surface area contributed by atoms with E-state index < -0.39 is 0 Å². The summed E-state index contributed by atoms with van der Waals surface area (Å²) in [6, 6.07) is 7.05. The van der Waals surface area contributed by atoms with E-state index in [9.17, 15) is 5.11 Å². The van der Waals surface area contributed by atoms with Crippen molar-refractivity contribution in [3.05, 3.63) is 36.5 Å². The molecule has 2 heteroatoms. The molecule has 1 rings (SSSR count). The molecule has 0 spiro atoms. The van der Waals surface area contributed by atoms with E-state index in [4.69, 9.17) is 0 Å². The zero-order valence-corrected chi connectivity index (χ0v) is 6.46. The van der Waals surface area contributed by atoms with Crippen LogP contribution in [0.15, 0.2) is 36.5 Å². The third-order valence-electron chi connectivity index (χ3n) is 1.25. The highest BCUT2D eigenvalue weighted by atomic mass is 16.3. The number of aromatic hydroxyl groups is 1. The Hall–Kier alpha value is -1.44. The average Bonchev–Trinajstić information content (AvgIpc) is 1.93. The van der Waals surface area contributed by atoms with Crippen molar-refractivity contribution < 1.29 is 5.11 Å². The summed E-state index contributed by atoms with van der Waals surface area (Å²) in [6.07, 6.45) is 0. The van der Waals surface area contributed by atoms with Crippen molar-refractivity contribution in [2.75, 3.05) is 5.32 Å². The zero-order chi connectivity index (χ0) is 8.27. The molecule has 0 atom stereocenters. The van der Waals surface area contributed by atoms with Gasteiger partial charge >= 0.3 is 0 Å². The number of para-hydroxylation sites is 2. The van der Waals surface area contributed by atoms with Crippen molar-refractivity contribution in [1.82, 2.24) is 0 Å². The Morgan fingerprint density at radius 2 is 2.09 bits per heavy atom. The van der Waals surface area contributed by atoms with Crippen LogP contribution < -0.4 is 5.32 Å². The third kappa shape index (κ3) is 2.00. The van der Waals surface area contributed by atoms with Crippen LogP contribution in [0, 0.1) is 0 Å². The molecule has 0 saturated carbocycles. The Kier molecular flexibility index (Phi) is 2.16. The van der Waals surface area contributed by atoms with E-state index in [2.05, 4.69) is 11.9 Å². The van der Waals surface area contributed by atoms with E-state index in [1.165, 1.54) is 0 Å². The molecule has 0 aliphatic heterocycles. The largest absolute Gasteiger partial charge is 0.506 e. The van der Waals surface area contributed by atoms with Crippen LogP contribution in [0.4, 0.5) is 5.69 Å². The summed E-state index contributed by atoms with van der Waals surface area (Å²) in [7, 11) is 0. The molecule has 0 unspecified atom stereocenters. The monoisotopic (exact) mass is 149 g/mol. The lowest BCUT2D eigenvalue weighted by molar-refractivity contribution is 0.477. The SMILES string of the molecule is C=C(C)Nc1ccccc1O. The lowest BCUT2D eigenvalue weighted by Crippen LogP contribution is -1.92. The van der Waals surface area contributed by atoms with Crippen molar-refractivity contribution in [3.63, 3.8) is 0 Å². The second kappa shape index (κ2) is 3.10. The molecule has 11 heavy (non-hydrogen) atoms. The van der Waals surface area contributed by atoms with Gasteiger partial charge in [-0.2, -0.15) is 0 Å². The van der Waals surface area contributed by atoms with Gasteiger partial charge in [0.2, 0.25) is 0 Å². The van der Waals surface area contributed by atoms with E-state index in [0.29, 0.717) is 5.69 Å². The fraction of sp³-hybridized carbons (Fsp3) is 0.111. The van der Waals surface area contributed by atoms with Gasteiger partial charge in [0.1, 0.15) is 5.75 Å². The molecule has 0 fully saturated rings. The highest BCUT2D eigenvalue weighted by Crippen LogP contribution is 2.22. The maximum Gasteiger partial charge on any atom is 0.139 e. The second-order valence-electron chi connectivity index (χ2n) is 2.42. The topological polar surface area (TPSA) is 32.3 Å². The lowest BCUT2D eigenvalue weighted by Gasteiger charge is -2.05. The zero-order valence-electron chi connectivity index (χ0n) is 6.46. The van der Waals surface area contributed by atoms with E-state index in [-0.39, 0.29) is 5.75 Å². The van der Waals surface area contributed by atoms with Gasteiger partial charge in [0.15, 0.2) is 0 Å². The number of hydrogen-bond acceptors (Lipinski definition) is 2. The minimum Gasteiger partial charge on any atom is -0.506 e. The van der Waals surface area contributed by atoms with Crippen molar-refractivity contribution in [2.24, 2.45) is 0 Å². The smallest absolute Gasteiger partial charge is 0.139 e. The number of phenols is 1. The van der Waals surface area contributed by atoms with Gasteiger partial charge in [-0.15, -0.1) is 0 Å². The van der Waals surface area contributed by atoms with Gasteiger partial charge in [0.05, 0.1) is 5.69 Å². The maximum atomic E-state index is 9.26. The van der Waals surface area contributed by atoms with Gasteiger partial charge in [-0.25, -0.2) is 0 Å². The quantitative estimate of drug-likeness (QED) is 0.632. The fourth-order valence-corrected chi connectivity index (χ4v) is 0.809. The summed E-state index contributed by atoms with van der Waals surface area (Å²) in [6.45, 7) is 5.51. The van der Waals surface area contributed by atoms with Gasteiger partial charge in [0, 0.05) is 5.70 Å². The average molecular weight is 149 g/mol. The molecule has 0 heterocycles. The summed E-state index contributed by atoms with van der Waals surface area (Å²) >= 11 is 0. The van der Waals surface area contributed by atoms with Crippen LogP contribution in [-0.2, 0) is 0 Å². The Morgan fingerprint density at radius 1 is 1.45 bits per heavy atom. The molecule has 58 valence electrons. The van der Waals surface area contributed by atoms with Crippen LogP contribution in [0.2, 0.25) is 0 Å². The van der Waals surface area contributed by atoms with E-state index in [0.717, 1.165) is 5.70 Å². The molecule has 2 N–H and O–H groups in total. The van der Waals surface area contributed by atoms with Gasteiger partial charge in [-0.05, 0) is 19.1 Å². The highest BCUT2D eigenvalue weighted by molar-refractivity contribution is 5.57. The fourth-order valence-electron chi connectivity index (χ4n) is 0.809. The third-order valence-corrected chi connectivity index (χ3v) is 1.25. The minimum atomic E-state index is 0.246. The van der Waals surface area contributed by atoms with Crippen molar-refractivity contribution >= 4 is 5.69 Å². The van der Waals surface area contributed by atoms with Crippen LogP contribution in [0.3, 0.4) is 0 Å². The molecule has 0 amide bonds. The lowest BCUT2D eigenvalue weighted by atomic mass is 10.3. The normalized spacial score (nSPS) is 9.18. The molecule has 0 radical (unpaired) electrons. The van der Waals surface area contributed by atoms with Gasteiger partial charge in [0.25, 0.3) is 0 Å². The molecular formula is C9H11NO. The summed E-state index contributed by atoms with van der Waals surface area (Å²) in [5.41, 5.74) is 1.51. The maximum absolute atomic E-state index is 9.26. The number of anilines is 1. The minimum absolute atomic E-state index is 0.246. The van der Waals surface area contributed by atoms with Crippen molar-refractivity contribution in [3.8, 4) is 5.75 Å². The van der Waals surface area contributed by atoms with Crippen LogP contribution in [0.1, 0.15) is 6.92 Å². The van der Waals surface area contributed by atoms with Crippen LogP contribution in [-0.4, -0.2) is 5.11 Å². The van der Waals surface area contributed by atoms with Crippen LogP contribution in [0.5, 0.6) is 5.75 Å². The first-order valence-electron chi connectivity index (χ1n) is 3.40. The number of rotatable bonds is 2. The van der Waals surface area contributed by atoms with Crippen molar-refractivity contribution in [2.45, 2.75) is 6.92 Å². The molecule has 0 bridgehead atoms. The Bertz CT molecular complexity index is 268. The number of benzene rings is 1. The molecular weight excluding hydrogens is 138 g/mol. The summed E-state index contributed by atoms with van der Waals surface area (Å²) in [5.74, 6) is 0.246. The first-order chi connectivity index (χ1) is 5.20. The molecule has 0 aliphatic rings. The predicted octanol–water partition coefficient (Wildman–Crippen LogP) is 2.34. The predicted molar refractivity (Wildman–Crippen MR) is 46.5 cm³/mol. The number of phenolic OH excluding ortho intramolecular Hbond substituents is 1. The first kappa shape index (κ1) is 7.66. The van der Waals surface area contributed by atoms with Crippen LogP contribution in [0.25, 0.3) is 0 Å². The Balaban J connectivity index is 2.86. The Labute approximate surface area is 66.2 Å². The van der Waals surface area contributed by atoms with Gasteiger partial charge < -0.3 is 10.4 Å². The van der Waals surface area contributed by atoms with E-state index in [1.54, 1.807) is 18.2 Å². The number of allylic oxidation sites excluding steroid dienone is 1. The van der Waals surface area contributed by atoms with Gasteiger partial charge in [-0.3, -0.25) is 0 Å². The molecule has 1 aromatic rings. The number of nitrogens with one attached hydrogen (secondary N) is 1. The summed E-state index contributed by atoms with van der Waals surface area (Å²) in [4.78, 5) is 0. The van der Waals surface area contributed by atoms with Crippen LogP contribution >= 0.6 is 0 Å². The van der Waals surface area contributed by atoms with E-state index in [1.807, 2.05) is 13.0 Å². The van der Waals surface area contributed by atoms with Crippen molar-refractivity contribution in [1.29, 1.82) is 0 Å². The van der Waals surface area contributed by atoms with E-state index >= 15 is 0 Å². The molecule has 0 aliphatic carbocycles. The molecule has 0 saturated heterocycles. The highest BCUT2D eigenvalue weighted by Gasteiger charge is 1.95. The second-order valence-corrected chi connectivity index (χ2v) is 2.42. The first-order valence-corrected chi connectivity index (χ1v) is 3.40. The number of hydrogen-bond donors (Lipinski definition) is 2. The standard InChI is InChI=1S/C9H11NO/c1-7(2)10-8-5-3-4-6-9(8)11/h3-6,10-11H,1H2,2H3. The summed E-state index contributed by atoms with van der Waals surface area (Å²) < 4.78 is 0. The molecule has 1 aromatic carbocycles. The molecule has 0 aromatic heterocycles.